The van der Waals surface area contributed by atoms with Gasteiger partial charge in [0.1, 0.15) is 6.04 Å². The Labute approximate surface area is 147 Å². The molecule has 0 radical (unpaired) electrons. The third-order valence-electron chi connectivity index (χ3n) is 4.38. The van der Waals surface area contributed by atoms with Gasteiger partial charge in [-0.1, -0.05) is 6.07 Å². The highest BCUT2D eigenvalue weighted by Crippen LogP contribution is 2.18. The van der Waals surface area contributed by atoms with E-state index in [1.54, 1.807) is 48.4 Å². The van der Waals surface area contributed by atoms with Crippen LogP contribution in [0.3, 0.4) is 0 Å². The molecule has 0 spiro atoms. The number of nitrogens with one attached hydrogen (secondary N) is 2. The predicted octanol–water partition coefficient (Wildman–Crippen LogP) is 1.56. The van der Waals surface area contributed by atoms with Gasteiger partial charge < -0.3 is 15.5 Å². The van der Waals surface area contributed by atoms with Crippen LogP contribution in [-0.4, -0.2) is 46.6 Å². The van der Waals surface area contributed by atoms with Gasteiger partial charge in [-0.25, -0.2) is 0 Å². The van der Waals surface area contributed by atoms with E-state index in [4.69, 9.17) is 0 Å². The normalized spacial score (nSPS) is 15.2. The number of rotatable bonds is 5. The van der Waals surface area contributed by atoms with Crippen molar-refractivity contribution in [1.29, 1.82) is 0 Å². The molecule has 1 aliphatic rings. The first-order valence-corrected chi connectivity index (χ1v) is 8.44. The second-order valence-electron chi connectivity index (χ2n) is 6.24. The van der Waals surface area contributed by atoms with Crippen molar-refractivity contribution in [2.24, 2.45) is 7.05 Å². The minimum atomic E-state index is -0.508. The molecule has 0 saturated carbocycles. The number of carbonyl (C=O) groups is 2. The van der Waals surface area contributed by atoms with Crippen molar-refractivity contribution in [3.05, 3.63) is 47.8 Å². The number of carbonyl (C=O) groups excluding carboxylic acids is 2. The van der Waals surface area contributed by atoms with E-state index >= 15 is 0 Å². The van der Waals surface area contributed by atoms with E-state index in [9.17, 15) is 9.59 Å². The predicted molar refractivity (Wildman–Crippen MR) is 95.2 cm³/mol. The molecule has 2 amide bonds. The molecule has 1 atom stereocenters. The molecule has 1 aromatic heterocycles. The zero-order chi connectivity index (χ0) is 17.8. The smallest absolute Gasteiger partial charge is 0.253 e. The molecule has 25 heavy (non-hydrogen) atoms. The summed E-state index contributed by atoms with van der Waals surface area (Å²) in [7, 11) is 3.53. The molecular weight excluding hydrogens is 318 g/mol. The molecule has 132 valence electrons. The first-order valence-electron chi connectivity index (χ1n) is 8.44. The average molecular weight is 341 g/mol. The molecule has 0 bridgehead atoms. The minimum absolute atomic E-state index is 0.0195. The topological polar surface area (TPSA) is 79.3 Å². The monoisotopic (exact) mass is 341 g/mol. The first kappa shape index (κ1) is 17.2. The van der Waals surface area contributed by atoms with Gasteiger partial charge in [-0.2, -0.15) is 5.10 Å². The van der Waals surface area contributed by atoms with Crippen LogP contribution in [-0.2, 0) is 11.8 Å². The van der Waals surface area contributed by atoms with Crippen molar-refractivity contribution in [2.75, 3.05) is 25.5 Å². The van der Waals surface area contributed by atoms with E-state index < -0.39 is 6.04 Å². The van der Waals surface area contributed by atoms with Crippen molar-refractivity contribution in [2.45, 2.75) is 18.9 Å². The maximum atomic E-state index is 12.6. The van der Waals surface area contributed by atoms with Crippen LogP contribution in [0.4, 0.5) is 5.69 Å². The zero-order valence-electron chi connectivity index (χ0n) is 14.5. The Kier molecular flexibility index (Phi) is 5.14. The summed E-state index contributed by atoms with van der Waals surface area (Å²) in [5.74, 6) is -0.174. The standard InChI is InChI=1S/C18H23N5O2/c1-19-16(14-11-20-22(2)12-14)17(24)21-15-7-5-6-13(10-15)18(25)23-8-3-4-9-23/h5-7,10-12,16,19H,3-4,8-9H2,1-2H3,(H,21,24). The Balaban J connectivity index is 1.72. The number of aromatic nitrogens is 2. The van der Waals surface area contributed by atoms with E-state index in [1.807, 2.05) is 11.9 Å². The van der Waals surface area contributed by atoms with Gasteiger partial charge in [0, 0.05) is 43.1 Å². The Hall–Kier alpha value is -2.67. The summed E-state index contributed by atoms with van der Waals surface area (Å²) in [5.41, 5.74) is 1.99. The van der Waals surface area contributed by atoms with Gasteiger partial charge in [0.05, 0.1) is 6.20 Å². The van der Waals surface area contributed by atoms with Crippen LogP contribution >= 0.6 is 0 Å². The third-order valence-corrected chi connectivity index (χ3v) is 4.38. The fourth-order valence-corrected chi connectivity index (χ4v) is 3.09. The van der Waals surface area contributed by atoms with Crippen LogP contribution in [0.2, 0.25) is 0 Å². The second-order valence-corrected chi connectivity index (χ2v) is 6.24. The van der Waals surface area contributed by atoms with Crippen LogP contribution in [0.1, 0.15) is 34.8 Å². The number of likely N-dealkylation sites (tertiary alicyclic amines) is 1. The van der Waals surface area contributed by atoms with Gasteiger partial charge in [0.25, 0.3) is 5.91 Å². The number of likely N-dealkylation sites (N-methyl/N-ethyl adjacent to an activating group) is 1. The maximum absolute atomic E-state index is 12.6. The summed E-state index contributed by atoms with van der Waals surface area (Å²) >= 11 is 0. The summed E-state index contributed by atoms with van der Waals surface area (Å²) in [4.78, 5) is 26.9. The minimum Gasteiger partial charge on any atom is -0.339 e. The number of hydrogen-bond donors (Lipinski definition) is 2. The molecule has 1 saturated heterocycles. The highest BCUT2D eigenvalue weighted by Gasteiger charge is 2.22. The largest absolute Gasteiger partial charge is 0.339 e. The molecule has 1 fully saturated rings. The quantitative estimate of drug-likeness (QED) is 0.865. The number of amides is 2. The Bertz CT molecular complexity index is 764. The molecule has 7 nitrogen and oxygen atoms in total. The molecule has 1 unspecified atom stereocenters. The summed E-state index contributed by atoms with van der Waals surface area (Å²) in [6.07, 6.45) is 5.57. The highest BCUT2D eigenvalue weighted by atomic mass is 16.2. The van der Waals surface area contributed by atoms with Crippen LogP contribution in [0.15, 0.2) is 36.7 Å². The maximum Gasteiger partial charge on any atom is 0.253 e. The van der Waals surface area contributed by atoms with Gasteiger partial charge in [-0.3, -0.25) is 14.3 Å². The van der Waals surface area contributed by atoms with Crippen molar-refractivity contribution in [1.82, 2.24) is 20.0 Å². The van der Waals surface area contributed by atoms with Crippen molar-refractivity contribution < 1.29 is 9.59 Å². The van der Waals surface area contributed by atoms with Gasteiger partial charge in [-0.15, -0.1) is 0 Å². The number of anilines is 1. The van der Waals surface area contributed by atoms with Crippen LogP contribution in [0.5, 0.6) is 0 Å². The van der Waals surface area contributed by atoms with Crippen LogP contribution in [0.25, 0.3) is 0 Å². The lowest BCUT2D eigenvalue weighted by Gasteiger charge is -2.17. The van der Waals surface area contributed by atoms with E-state index in [0.29, 0.717) is 11.3 Å². The number of nitrogens with zero attached hydrogens (tertiary/aromatic N) is 3. The second kappa shape index (κ2) is 7.48. The number of hydrogen-bond acceptors (Lipinski definition) is 4. The lowest BCUT2D eigenvalue weighted by molar-refractivity contribution is -0.118. The molecule has 2 N–H and O–H groups in total. The van der Waals surface area contributed by atoms with Gasteiger partial charge in [0.2, 0.25) is 5.91 Å². The number of aryl methyl sites for hydroxylation is 1. The fourth-order valence-electron chi connectivity index (χ4n) is 3.09. The molecule has 1 aliphatic heterocycles. The van der Waals surface area contributed by atoms with E-state index in [1.165, 1.54) is 0 Å². The highest BCUT2D eigenvalue weighted by molar-refractivity contribution is 5.98. The zero-order valence-corrected chi connectivity index (χ0v) is 14.5. The van der Waals surface area contributed by atoms with Crippen LogP contribution in [0, 0.1) is 0 Å². The summed E-state index contributed by atoms with van der Waals surface area (Å²) < 4.78 is 1.66. The van der Waals surface area contributed by atoms with Crippen molar-refractivity contribution in [3.8, 4) is 0 Å². The Morgan fingerprint density at radius 3 is 2.64 bits per heavy atom. The van der Waals surface area contributed by atoms with E-state index in [0.717, 1.165) is 31.5 Å². The summed E-state index contributed by atoms with van der Waals surface area (Å²) in [5, 5.41) is 9.97. The van der Waals surface area contributed by atoms with Gasteiger partial charge in [0.15, 0.2) is 0 Å². The fraction of sp³-hybridized carbons (Fsp3) is 0.389. The van der Waals surface area contributed by atoms with Crippen molar-refractivity contribution >= 4 is 17.5 Å². The van der Waals surface area contributed by atoms with Crippen molar-refractivity contribution in [3.63, 3.8) is 0 Å². The lowest BCUT2D eigenvalue weighted by Crippen LogP contribution is -2.30. The Morgan fingerprint density at radius 1 is 1.24 bits per heavy atom. The molecule has 2 heterocycles. The van der Waals surface area contributed by atoms with Gasteiger partial charge >= 0.3 is 0 Å². The molecule has 7 heteroatoms. The van der Waals surface area contributed by atoms with Crippen LogP contribution < -0.4 is 10.6 Å². The van der Waals surface area contributed by atoms with E-state index in [-0.39, 0.29) is 11.8 Å². The molecule has 2 aromatic rings. The summed E-state index contributed by atoms with van der Waals surface area (Å²) in [6, 6.07) is 6.58. The molecule has 3 rings (SSSR count). The van der Waals surface area contributed by atoms with E-state index in [2.05, 4.69) is 15.7 Å². The first-order chi connectivity index (χ1) is 12.1. The molecular formula is C18H23N5O2. The Morgan fingerprint density at radius 2 is 2.00 bits per heavy atom. The summed E-state index contributed by atoms with van der Waals surface area (Å²) in [6.45, 7) is 1.61. The lowest BCUT2D eigenvalue weighted by atomic mass is 10.1. The third kappa shape index (κ3) is 3.88. The molecule has 1 aromatic carbocycles. The van der Waals surface area contributed by atoms with Gasteiger partial charge in [-0.05, 0) is 38.1 Å². The SMILES string of the molecule is CNC(C(=O)Nc1cccc(C(=O)N2CCCC2)c1)c1cnn(C)c1. The number of benzene rings is 1. The molecule has 0 aliphatic carbocycles. The average Bonchev–Trinajstić information content (AvgIpc) is 3.27.